The van der Waals surface area contributed by atoms with Gasteiger partial charge in [-0.1, -0.05) is 0 Å². The van der Waals surface area contributed by atoms with Crippen molar-refractivity contribution in [1.82, 2.24) is 10.3 Å². The number of halogens is 1. The number of Topliss-reactive ketones (excluding diaryl/α,β-unsaturated/α-hetero) is 1. The average Bonchev–Trinajstić information content (AvgIpc) is 2.81. The number of aromatic amines is 1. The lowest BCUT2D eigenvalue weighted by atomic mass is 10.1. The minimum atomic E-state index is 0. The van der Waals surface area contributed by atoms with Crippen molar-refractivity contribution in [2.45, 2.75) is 18.9 Å². The van der Waals surface area contributed by atoms with Crippen LogP contribution in [0.3, 0.4) is 0 Å². The minimum absolute atomic E-state index is 0. The van der Waals surface area contributed by atoms with Gasteiger partial charge in [-0.15, -0.1) is 12.4 Å². The van der Waals surface area contributed by atoms with Crippen molar-refractivity contribution in [3.05, 3.63) is 24.0 Å². The molecule has 1 saturated heterocycles. The summed E-state index contributed by atoms with van der Waals surface area (Å²) in [7, 11) is 0. The predicted molar refractivity (Wildman–Crippen MR) is 64.2 cm³/mol. The lowest BCUT2D eigenvalue weighted by Gasteiger charge is -2.22. The van der Waals surface area contributed by atoms with E-state index in [2.05, 4.69) is 10.3 Å². The molecule has 0 amide bonds. The molecule has 1 aliphatic rings. The van der Waals surface area contributed by atoms with Crippen LogP contribution in [0.5, 0.6) is 0 Å². The highest BCUT2D eigenvalue weighted by Gasteiger charge is 2.15. The van der Waals surface area contributed by atoms with Gasteiger partial charge in [0.05, 0.1) is 11.8 Å². The third kappa shape index (κ3) is 3.63. The Morgan fingerprint density at radius 1 is 1.44 bits per heavy atom. The Bertz CT molecular complexity index is 308. The third-order valence-corrected chi connectivity index (χ3v) is 2.63. The van der Waals surface area contributed by atoms with Crippen LogP contribution in [-0.4, -0.2) is 36.6 Å². The average molecular weight is 245 g/mol. The Balaban J connectivity index is 0.00000128. The summed E-state index contributed by atoms with van der Waals surface area (Å²) in [5.41, 5.74) is 0.629. The second-order valence-electron chi connectivity index (χ2n) is 3.77. The Hall–Kier alpha value is -0.840. The van der Waals surface area contributed by atoms with Gasteiger partial charge >= 0.3 is 0 Å². The third-order valence-electron chi connectivity index (χ3n) is 2.63. The van der Waals surface area contributed by atoms with E-state index in [1.54, 1.807) is 12.3 Å². The number of hydrogen-bond donors (Lipinski definition) is 2. The normalized spacial score (nSPS) is 16.8. The molecule has 0 unspecified atom stereocenters. The van der Waals surface area contributed by atoms with E-state index < -0.39 is 0 Å². The molecule has 2 rings (SSSR count). The molecule has 0 atom stereocenters. The Morgan fingerprint density at radius 2 is 2.19 bits per heavy atom. The first-order valence-electron chi connectivity index (χ1n) is 5.35. The molecule has 0 radical (unpaired) electrons. The van der Waals surface area contributed by atoms with Gasteiger partial charge in [-0.2, -0.15) is 0 Å². The maximum Gasteiger partial charge on any atom is 0.204 e. The van der Waals surface area contributed by atoms with E-state index in [1.807, 2.05) is 6.07 Å². The molecule has 1 aliphatic heterocycles. The highest BCUT2D eigenvalue weighted by atomic mass is 35.5. The van der Waals surface area contributed by atoms with Crippen molar-refractivity contribution < 1.29 is 9.53 Å². The van der Waals surface area contributed by atoms with Crippen molar-refractivity contribution in [3.63, 3.8) is 0 Å². The van der Waals surface area contributed by atoms with Gasteiger partial charge in [-0.25, -0.2) is 0 Å². The predicted octanol–water partition coefficient (Wildman–Crippen LogP) is 1.39. The number of carbonyl (C=O) groups is 1. The second kappa shape index (κ2) is 6.68. The standard InChI is InChI=1S/C11H16N2O2.ClH/c14-11(10-2-1-5-13-10)8-15-9-3-6-12-7-4-9;/h1-2,5,9,12-13H,3-4,6-8H2;1H. The summed E-state index contributed by atoms with van der Waals surface area (Å²) in [6.45, 7) is 2.16. The molecule has 0 bridgehead atoms. The monoisotopic (exact) mass is 244 g/mol. The highest BCUT2D eigenvalue weighted by molar-refractivity contribution is 5.95. The molecule has 0 aliphatic carbocycles. The number of carbonyl (C=O) groups excluding carboxylic acids is 1. The zero-order valence-electron chi connectivity index (χ0n) is 9.07. The summed E-state index contributed by atoms with van der Waals surface area (Å²) in [4.78, 5) is 14.5. The molecular formula is C11H17ClN2O2. The van der Waals surface area contributed by atoms with Gasteiger partial charge in [0.1, 0.15) is 6.61 Å². The second-order valence-corrected chi connectivity index (χ2v) is 3.77. The number of ether oxygens (including phenoxy) is 1. The van der Waals surface area contributed by atoms with Crippen molar-refractivity contribution in [2.75, 3.05) is 19.7 Å². The molecule has 1 fully saturated rings. The lowest BCUT2D eigenvalue weighted by molar-refractivity contribution is 0.0315. The van der Waals surface area contributed by atoms with E-state index in [0.717, 1.165) is 25.9 Å². The number of H-pyrrole nitrogens is 1. The first kappa shape index (κ1) is 13.2. The summed E-state index contributed by atoms with van der Waals surface area (Å²) in [5.74, 6) is 0.0264. The first-order chi connectivity index (χ1) is 7.36. The molecular weight excluding hydrogens is 228 g/mol. The molecule has 2 N–H and O–H groups in total. The van der Waals surface area contributed by atoms with Crippen LogP contribution in [0.1, 0.15) is 23.3 Å². The fraction of sp³-hybridized carbons (Fsp3) is 0.545. The molecule has 5 heteroatoms. The van der Waals surface area contributed by atoms with Crippen molar-refractivity contribution in [3.8, 4) is 0 Å². The van der Waals surface area contributed by atoms with Gasteiger partial charge in [0.15, 0.2) is 0 Å². The Labute approximate surface area is 101 Å². The highest BCUT2D eigenvalue weighted by Crippen LogP contribution is 2.08. The van der Waals surface area contributed by atoms with Crippen LogP contribution in [-0.2, 0) is 4.74 Å². The van der Waals surface area contributed by atoms with Gasteiger partial charge in [-0.05, 0) is 38.1 Å². The molecule has 16 heavy (non-hydrogen) atoms. The zero-order chi connectivity index (χ0) is 10.5. The van der Waals surface area contributed by atoms with Gasteiger partial charge in [-0.3, -0.25) is 4.79 Å². The van der Waals surface area contributed by atoms with Crippen LogP contribution in [0.25, 0.3) is 0 Å². The molecule has 1 aromatic heterocycles. The van der Waals surface area contributed by atoms with Crippen LogP contribution in [0.4, 0.5) is 0 Å². The molecule has 90 valence electrons. The van der Waals surface area contributed by atoms with Crippen LogP contribution < -0.4 is 5.32 Å². The number of rotatable bonds is 4. The van der Waals surface area contributed by atoms with Crippen molar-refractivity contribution in [1.29, 1.82) is 0 Å². The van der Waals surface area contributed by atoms with E-state index in [1.165, 1.54) is 0 Å². The van der Waals surface area contributed by atoms with E-state index in [-0.39, 0.29) is 30.9 Å². The number of aromatic nitrogens is 1. The number of hydrogen-bond acceptors (Lipinski definition) is 3. The van der Waals surface area contributed by atoms with Gasteiger partial charge in [0.2, 0.25) is 5.78 Å². The smallest absolute Gasteiger partial charge is 0.204 e. The molecule has 4 nitrogen and oxygen atoms in total. The summed E-state index contributed by atoms with van der Waals surface area (Å²) in [6, 6.07) is 3.59. The SMILES string of the molecule is Cl.O=C(COC1CCNCC1)c1ccc[nH]1. The first-order valence-corrected chi connectivity index (χ1v) is 5.35. The van der Waals surface area contributed by atoms with E-state index >= 15 is 0 Å². The van der Waals surface area contributed by atoms with Crippen molar-refractivity contribution >= 4 is 18.2 Å². The van der Waals surface area contributed by atoms with Crippen LogP contribution in [0.15, 0.2) is 18.3 Å². The van der Waals surface area contributed by atoms with Gasteiger partial charge < -0.3 is 15.0 Å². The number of nitrogens with one attached hydrogen (secondary N) is 2. The Kier molecular flexibility index (Phi) is 5.52. The van der Waals surface area contributed by atoms with Crippen LogP contribution in [0.2, 0.25) is 0 Å². The largest absolute Gasteiger partial charge is 0.370 e. The summed E-state index contributed by atoms with van der Waals surface area (Å²) in [6.07, 6.45) is 3.98. The quantitative estimate of drug-likeness (QED) is 0.787. The van der Waals surface area contributed by atoms with Crippen LogP contribution >= 0.6 is 12.4 Å². The van der Waals surface area contributed by atoms with Gasteiger partial charge in [0.25, 0.3) is 0 Å². The molecule has 0 spiro atoms. The number of ketones is 1. The van der Waals surface area contributed by atoms with E-state index in [0.29, 0.717) is 5.69 Å². The topological polar surface area (TPSA) is 54.1 Å². The summed E-state index contributed by atoms with van der Waals surface area (Å²) < 4.78 is 5.56. The maximum atomic E-state index is 11.6. The Morgan fingerprint density at radius 3 is 2.81 bits per heavy atom. The summed E-state index contributed by atoms with van der Waals surface area (Å²) >= 11 is 0. The fourth-order valence-electron chi connectivity index (χ4n) is 1.74. The molecule has 2 heterocycles. The molecule has 1 aromatic rings. The minimum Gasteiger partial charge on any atom is -0.370 e. The molecule has 0 aromatic carbocycles. The van der Waals surface area contributed by atoms with Crippen LogP contribution in [0, 0.1) is 0 Å². The van der Waals surface area contributed by atoms with Gasteiger partial charge in [0, 0.05) is 6.20 Å². The molecule has 0 saturated carbocycles. The summed E-state index contributed by atoms with van der Waals surface area (Å²) in [5, 5.41) is 3.26. The van der Waals surface area contributed by atoms with E-state index in [4.69, 9.17) is 4.74 Å². The maximum absolute atomic E-state index is 11.6. The van der Waals surface area contributed by atoms with E-state index in [9.17, 15) is 4.79 Å². The lowest BCUT2D eigenvalue weighted by Crippen LogP contribution is -2.33. The fourth-order valence-corrected chi connectivity index (χ4v) is 1.74. The zero-order valence-corrected chi connectivity index (χ0v) is 9.89. The van der Waals surface area contributed by atoms with Crippen molar-refractivity contribution in [2.24, 2.45) is 0 Å². The number of piperidine rings is 1.